The lowest BCUT2D eigenvalue weighted by Crippen LogP contribution is -2.42. The Balaban J connectivity index is 1.46. The van der Waals surface area contributed by atoms with Gasteiger partial charge in [0.25, 0.3) is 0 Å². The van der Waals surface area contributed by atoms with Gasteiger partial charge in [0.15, 0.2) is 0 Å². The summed E-state index contributed by atoms with van der Waals surface area (Å²) in [5.74, 6) is 0.125. The minimum absolute atomic E-state index is 0.0550. The molecule has 0 radical (unpaired) electrons. The van der Waals surface area contributed by atoms with Crippen molar-refractivity contribution in [1.82, 2.24) is 4.90 Å². The van der Waals surface area contributed by atoms with Crippen LogP contribution in [0.4, 0.5) is 9.18 Å². The van der Waals surface area contributed by atoms with Crippen molar-refractivity contribution in [2.75, 3.05) is 13.1 Å². The van der Waals surface area contributed by atoms with Gasteiger partial charge in [-0.3, -0.25) is 0 Å². The Morgan fingerprint density at radius 1 is 1.12 bits per heavy atom. The van der Waals surface area contributed by atoms with E-state index in [0.29, 0.717) is 37.2 Å². The maximum Gasteiger partial charge on any atom is 0.410 e. The molecular formula is C20H23FN2O3. The number of halogens is 1. The zero-order valence-corrected chi connectivity index (χ0v) is 14.6. The highest BCUT2D eigenvalue weighted by molar-refractivity contribution is 5.67. The molecule has 1 heterocycles. The summed E-state index contributed by atoms with van der Waals surface area (Å²) in [6.45, 7) is 1.63. The number of nitrogens with two attached hydrogens (primary N) is 1. The van der Waals surface area contributed by atoms with Crippen molar-refractivity contribution >= 4 is 6.09 Å². The first kappa shape index (κ1) is 18.2. The van der Waals surface area contributed by atoms with Crippen molar-refractivity contribution in [3.8, 4) is 5.75 Å². The first-order valence-electron chi connectivity index (χ1n) is 8.76. The number of nitrogens with zero attached hydrogens (tertiary/aromatic N) is 1. The summed E-state index contributed by atoms with van der Waals surface area (Å²) in [6.07, 6.45) is 0.980. The standard InChI is InChI=1S/C20H23FN2O3/c21-17-10-16(13-22)11-19(12-17)26-18-6-8-23(9-7-18)20(24)25-14-15-4-2-1-3-5-15/h1-5,10-12,18H,6-9,13-14,22H2. The van der Waals surface area contributed by atoms with Crippen molar-refractivity contribution in [2.24, 2.45) is 5.73 Å². The summed E-state index contributed by atoms with van der Waals surface area (Å²) in [6, 6.07) is 14.1. The van der Waals surface area contributed by atoms with Crippen LogP contribution >= 0.6 is 0 Å². The second-order valence-electron chi connectivity index (χ2n) is 6.34. The van der Waals surface area contributed by atoms with Crippen molar-refractivity contribution < 1.29 is 18.7 Å². The minimum atomic E-state index is -0.357. The van der Waals surface area contributed by atoms with Gasteiger partial charge in [0.1, 0.15) is 24.3 Å². The zero-order chi connectivity index (χ0) is 18.4. The zero-order valence-electron chi connectivity index (χ0n) is 14.6. The van der Waals surface area contributed by atoms with Crippen molar-refractivity contribution in [3.63, 3.8) is 0 Å². The predicted octanol–water partition coefficient (Wildman–Crippen LogP) is 3.46. The molecule has 0 atom stereocenters. The number of piperidine rings is 1. The number of rotatable bonds is 5. The third-order valence-electron chi connectivity index (χ3n) is 4.37. The van der Waals surface area contributed by atoms with Gasteiger partial charge in [-0.15, -0.1) is 0 Å². The van der Waals surface area contributed by atoms with Crippen molar-refractivity contribution in [2.45, 2.75) is 32.1 Å². The van der Waals surface area contributed by atoms with Crippen LogP contribution in [0.3, 0.4) is 0 Å². The van der Waals surface area contributed by atoms with Crippen LogP contribution in [0.15, 0.2) is 48.5 Å². The molecule has 2 N–H and O–H groups in total. The number of hydrogen-bond acceptors (Lipinski definition) is 4. The van der Waals surface area contributed by atoms with E-state index in [4.69, 9.17) is 15.2 Å². The average molecular weight is 358 g/mol. The van der Waals surface area contributed by atoms with E-state index in [1.165, 1.54) is 12.1 Å². The fraction of sp³-hybridized carbons (Fsp3) is 0.350. The predicted molar refractivity (Wildman–Crippen MR) is 96.1 cm³/mol. The maximum absolute atomic E-state index is 13.6. The summed E-state index contributed by atoms with van der Waals surface area (Å²) in [5, 5.41) is 0. The maximum atomic E-state index is 13.6. The van der Waals surface area contributed by atoms with Crippen LogP contribution in [0.5, 0.6) is 5.75 Å². The van der Waals surface area contributed by atoms with E-state index >= 15 is 0 Å². The molecule has 0 aliphatic carbocycles. The van der Waals surface area contributed by atoms with E-state index in [9.17, 15) is 9.18 Å². The fourth-order valence-corrected chi connectivity index (χ4v) is 2.97. The third-order valence-corrected chi connectivity index (χ3v) is 4.37. The molecule has 1 fully saturated rings. The summed E-state index contributed by atoms with van der Waals surface area (Å²) in [7, 11) is 0. The van der Waals surface area contributed by atoms with Gasteiger partial charge in [0.05, 0.1) is 0 Å². The number of benzene rings is 2. The Kier molecular flexibility index (Phi) is 6.07. The monoisotopic (exact) mass is 358 g/mol. The van der Waals surface area contributed by atoms with Gasteiger partial charge in [-0.1, -0.05) is 30.3 Å². The molecule has 138 valence electrons. The minimum Gasteiger partial charge on any atom is -0.490 e. The highest BCUT2D eigenvalue weighted by Gasteiger charge is 2.25. The Labute approximate surface area is 152 Å². The molecule has 0 unspecified atom stereocenters. The number of likely N-dealkylation sites (tertiary alicyclic amines) is 1. The van der Waals surface area contributed by atoms with E-state index in [-0.39, 0.29) is 31.2 Å². The molecule has 0 aromatic heterocycles. The van der Waals surface area contributed by atoms with E-state index in [1.807, 2.05) is 30.3 Å². The van der Waals surface area contributed by atoms with Crippen molar-refractivity contribution in [3.05, 3.63) is 65.5 Å². The first-order chi connectivity index (χ1) is 12.6. The molecule has 26 heavy (non-hydrogen) atoms. The molecule has 5 nitrogen and oxygen atoms in total. The lowest BCUT2D eigenvalue weighted by Gasteiger charge is -2.31. The lowest BCUT2D eigenvalue weighted by molar-refractivity contribution is 0.0637. The van der Waals surface area contributed by atoms with E-state index < -0.39 is 0 Å². The number of carbonyl (C=O) groups excluding carboxylic acids is 1. The highest BCUT2D eigenvalue weighted by Crippen LogP contribution is 2.22. The molecule has 1 saturated heterocycles. The Hall–Kier alpha value is -2.60. The van der Waals surface area contributed by atoms with E-state index in [0.717, 1.165) is 5.56 Å². The van der Waals surface area contributed by atoms with Crippen LogP contribution in [0.1, 0.15) is 24.0 Å². The molecule has 1 aliphatic heterocycles. The molecule has 0 bridgehead atoms. The van der Waals surface area contributed by atoms with Crippen LogP contribution < -0.4 is 10.5 Å². The number of ether oxygens (including phenoxy) is 2. The Bertz CT molecular complexity index is 731. The summed E-state index contributed by atoms with van der Waals surface area (Å²) < 4.78 is 24.8. The van der Waals surface area contributed by atoms with Crippen LogP contribution in [0, 0.1) is 5.82 Å². The topological polar surface area (TPSA) is 64.8 Å². The summed E-state index contributed by atoms with van der Waals surface area (Å²) in [4.78, 5) is 13.8. The normalized spacial score (nSPS) is 14.9. The largest absolute Gasteiger partial charge is 0.490 e. The number of carbonyl (C=O) groups is 1. The van der Waals surface area contributed by atoms with E-state index in [1.54, 1.807) is 11.0 Å². The lowest BCUT2D eigenvalue weighted by atomic mass is 10.1. The van der Waals surface area contributed by atoms with Crippen LogP contribution in [-0.2, 0) is 17.9 Å². The van der Waals surface area contributed by atoms with Crippen molar-refractivity contribution in [1.29, 1.82) is 0 Å². The van der Waals surface area contributed by atoms with Gasteiger partial charge >= 0.3 is 6.09 Å². The smallest absolute Gasteiger partial charge is 0.410 e. The number of hydrogen-bond donors (Lipinski definition) is 1. The van der Waals surface area contributed by atoms with Crippen LogP contribution in [-0.4, -0.2) is 30.2 Å². The molecule has 2 aromatic carbocycles. The second-order valence-corrected chi connectivity index (χ2v) is 6.34. The molecule has 3 rings (SSSR count). The van der Waals surface area contributed by atoms with Gasteiger partial charge in [0.2, 0.25) is 0 Å². The van der Waals surface area contributed by atoms with Crippen LogP contribution in [0.2, 0.25) is 0 Å². The first-order valence-corrected chi connectivity index (χ1v) is 8.76. The van der Waals surface area contributed by atoms with Gasteiger partial charge in [-0.05, 0) is 23.3 Å². The quantitative estimate of drug-likeness (QED) is 0.889. The Morgan fingerprint density at radius 3 is 2.54 bits per heavy atom. The van der Waals surface area contributed by atoms with E-state index in [2.05, 4.69) is 0 Å². The molecule has 0 spiro atoms. The fourth-order valence-electron chi connectivity index (χ4n) is 2.97. The third kappa shape index (κ3) is 4.95. The Morgan fingerprint density at radius 2 is 1.85 bits per heavy atom. The summed E-state index contributed by atoms with van der Waals surface area (Å²) in [5.41, 5.74) is 7.22. The van der Waals surface area contributed by atoms with Gasteiger partial charge < -0.3 is 20.1 Å². The molecule has 0 saturated carbocycles. The molecular weight excluding hydrogens is 335 g/mol. The van der Waals surface area contributed by atoms with Crippen LogP contribution in [0.25, 0.3) is 0 Å². The van der Waals surface area contributed by atoms with Gasteiger partial charge in [-0.25, -0.2) is 9.18 Å². The highest BCUT2D eigenvalue weighted by atomic mass is 19.1. The number of amides is 1. The van der Waals surface area contributed by atoms with Gasteiger partial charge in [-0.2, -0.15) is 0 Å². The molecule has 6 heteroatoms. The second kappa shape index (κ2) is 8.67. The molecule has 1 aliphatic rings. The molecule has 1 amide bonds. The van der Waals surface area contributed by atoms with Gasteiger partial charge in [0, 0.05) is 38.5 Å². The average Bonchev–Trinajstić information content (AvgIpc) is 2.67. The molecule has 2 aromatic rings. The summed E-state index contributed by atoms with van der Waals surface area (Å²) >= 11 is 0. The SMILES string of the molecule is NCc1cc(F)cc(OC2CCN(C(=O)OCc3ccccc3)CC2)c1.